The van der Waals surface area contributed by atoms with Crippen LogP contribution in [0, 0.1) is 5.92 Å². The molecule has 1 fully saturated rings. The van der Waals surface area contributed by atoms with E-state index in [4.69, 9.17) is 5.73 Å². The topological polar surface area (TPSA) is 84.1 Å². The van der Waals surface area contributed by atoms with Crippen molar-refractivity contribution >= 4 is 28.5 Å². The fourth-order valence-electron chi connectivity index (χ4n) is 5.29. The monoisotopic (exact) mass is 467 g/mol. The molecule has 1 atom stereocenters. The zero-order chi connectivity index (χ0) is 23.0. The second-order valence-electron chi connectivity index (χ2n) is 9.49. The number of thiazole rings is 1. The molecule has 178 valence electrons. The van der Waals surface area contributed by atoms with E-state index in [0.717, 1.165) is 42.3 Å². The number of nitrogens with two attached hydrogens (primary N) is 1. The van der Waals surface area contributed by atoms with Crippen LogP contribution in [0.15, 0.2) is 30.6 Å². The number of aromatic nitrogens is 2. The largest absolute Gasteiger partial charge is 0.375 e. The number of nitrogens with one attached hydrogen (secondary N) is 1. The Morgan fingerprint density at radius 3 is 2.88 bits per heavy atom. The predicted octanol–water partition coefficient (Wildman–Crippen LogP) is 4.47. The van der Waals surface area contributed by atoms with Crippen LogP contribution in [0.1, 0.15) is 68.0 Å². The van der Waals surface area contributed by atoms with Gasteiger partial charge in [0.05, 0.1) is 5.69 Å². The maximum Gasteiger partial charge on any atom is 0.244 e. The molecule has 4 rings (SSSR count). The minimum Gasteiger partial charge on any atom is -0.375 e. The molecule has 1 amide bonds. The van der Waals surface area contributed by atoms with E-state index in [1.54, 1.807) is 29.8 Å². The highest BCUT2D eigenvalue weighted by molar-refractivity contribution is 7.15. The van der Waals surface area contributed by atoms with E-state index in [1.165, 1.54) is 55.8 Å². The highest BCUT2D eigenvalue weighted by Crippen LogP contribution is 2.32. The van der Waals surface area contributed by atoms with Crippen molar-refractivity contribution in [3.05, 3.63) is 46.7 Å². The lowest BCUT2D eigenvalue weighted by atomic mass is 9.83. The number of fused-ring (bicyclic) bond motifs is 1. The molecule has 2 aliphatic carbocycles. The van der Waals surface area contributed by atoms with E-state index in [0.29, 0.717) is 12.1 Å². The van der Waals surface area contributed by atoms with Crippen molar-refractivity contribution in [2.24, 2.45) is 5.92 Å². The average Bonchev–Trinajstić information content (AvgIpc) is 3.21. The zero-order valence-electron chi connectivity index (χ0n) is 19.7. The summed E-state index contributed by atoms with van der Waals surface area (Å²) in [6, 6.07) is 4.75. The quantitative estimate of drug-likeness (QED) is 0.532. The molecule has 0 radical (unpaired) electrons. The first-order valence-corrected chi connectivity index (χ1v) is 13.3. The van der Waals surface area contributed by atoms with Crippen molar-refractivity contribution in [1.82, 2.24) is 20.2 Å². The summed E-state index contributed by atoms with van der Waals surface area (Å²) in [6.45, 7) is 4.63. The first kappa shape index (κ1) is 23.9. The molecular formula is C26H37N5OS. The van der Waals surface area contributed by atoms with Crippen molar-refractivity contribution in [1.29, 1.82) is 0 Å². The van der Waals surface area contributed by atoms with E-state index >= 15 is 0 Å². The summed E-state index contributed by atoms with van der Waals surface area (Å²) < 4.78 is 0. The lowest BCUT2D eigenvalue weighted by Crippen LogP contribution is -2.41. The molecule has 2 aromatic heterocycles. The van der Waals surface area contributed by atoms with E-state index in [-0.39, 0.29) is 5.91 Å². The van der Waals surface area contributed by atoms with Crippen LogP contribution in [0.3, 0.4) is 0 Å². The van der Waals surface area contributed by atoms with Crippen LogP contribution in [0.4, 0.5) is 5.13 Å². The Kier molecular flexibility index (Phi) is 8.51. The molecule has 2 aliphatic rings. The summed E-state index contributed by atoms with van der Waals surface area (Å²) in [7, 11) is 0. The predicted molar refractivity (Wildman–Crippen MR) is 136 cm³/mol. The van der Waals surface area contributed by atoms with Crippen molar-refractivity contribution in [2.45, 2.75) is 76.8 Å². The molecule has 0 aliphatic heterocycles. The fourth-order valence-corrected chi connectivity index (χ4v) is 6.24. The zero-order valence-corrected chi connectivity index (χ0v) is 20.5. The Labute approximate surface area is 201 Å². The molecule has 3 N–H and O–H groups in total. The van der Waals surface area contributed by atoms with Gasteiger partial charge in [0.25, 0.3) is 0 Å². The van der Waals surface area contributed by atoms with Gasteiger partial charge >= 0.3 is 0 Å². The number of hydrogen-bond donors (Lipinski definition) is 2. The molecule has 0 saturated heterocycles. The Bertz CT molecular complexity index is 920. The molecule has 1 unspecified atom stereocenters. The molecule has 0 spiro atoms. The van der Waals surface area contributed by atoms with Gasteiger partial charge in [-0.2, -0.15) is 0 Å². The number of rotatable bonds is 9. The van der Waals surface area contributed by atoms with Crippen molar-refractivity contribution in [3.8, 4) is 0 Å². The van der Waals surface area contributed by atoms with Crippen LogP contribution in [0.5, 0.6) is 0 Å². The lowest BCUT2D eigenvalue weighted by Gasteiger charge is -2.36. The van der Waals surface area contributed by atoms with Crippen LogP contribution in [-0.2, 0) is 17.6 Å². The normalized spacial score (nSPS) is 23.0. The Hall–Kier alpha value is -2.25. The average molecular weight is 468 g/mol. The third-order valence-electron chi connectivity index (χ3n) is 7.09. The third-order valence-corrected chi connectivity index (χ3v) is 8.04. The van der Waals surface area contributed by atoms with Crippen LogP contribution in [0.25, 0.3) is 6.08 Å². The molecule has 6 nitrogen and oxygen atoms in total. The van der Waals surface area contributed by atoms with Crippen LogP contribution < -0.4 is 11.1 Å². The van der Waals surface area contributed by atoms with Crippen LogP contribution >= 0.6 is 11.3 Å². The van der Waals surface area contributed by atoms with Gasteiger partial charge in [-0.25, -0.2) is 4.98 Å². The van der Waals surface area contributed by atoms with Crippen molar-refractivity contribution in [2.75, 3.05) is 18.8 Å². The molecule has 2 heterocycles. The van der Waals surface area contributed by atoms with Gasteiger partial charge in [0.15, 0.2) is 5.13 Å². The minimum absolute atomic E-state index is 0.00297. The van der Waals surface area contributed by atoms with Crippen LogP contribution in [-0.4, -0.2) is 45.9 Å². The number of amides is 1. The smallest absolute Gasteiger partial charge is 0.244 e. The molecule has 2 aromatic rings. The lowest BCUT2D eigenvalue weighted by molar-refractivity contribution is -0.117. The number of pyridine rings is 1. The van der Waals surface area contributed by atoms with Gasteiger partial charge < -0.3 is 16.0 Å². The van der Waals surface area contributed by atoms with Gasteiger partial charge in [-0.3, -0.25) is 9.78 Å². The maximum absolute atomic E-state index is 12.3. The number of hydrogen-bond acceptors (Lipinski definition) is 6. The summed E-state index contributed by atoms with van der Waals surface area (Å²) in [4.78, 5) is 25.0. The summed E-state index contributed by atoms with van der Waals surface area (Å²) in [5.41, 5.74) is 8.12. The highest BCUT2D eigenvalue weighted by Gasteiger charge is 2.28. The number of carbonyl (C=O) groups excluding carboxylic acids is 1. The first-order chi connectivity index (χ1) is 16.1. The molecule has 0 bridgehead atoms. The minimum atomic E-state index is -0.00297. The second kappa shape index (κ2) is 11.7. The highest BCUT2D eigenvalue weighted by atomic mass is 32.1. The summed E-state index contributed by atoms with van der Waals surface area (Å²) in [5, 5.41) is 3.91. The molecule has 33 heavy (non-hydrogen) atoms. The standard InChI is InChI=1S/C26H37N5OS/c1-2-15-31(22-10-11-23-24(17-22)33-26(27)30-23)16-13-19-5-8-21(9-6-19)29-25(32)12-7-20-4-3-14-28-18-20/h3-4,7,12,14,18-19,21-22H,2,5-6,8-11,13,15-17H2,1H3,(H2,27,30)(H,29,32)/b12-7+. The third kappa shape index (κ3) is 6.87. The van der Waals surface area contributed by atoms with Crippen molar-refractivity contribution in [3.63, 3.8) is 0 Å². The molecule has 7 heteroatoms. The number of aryl methyl sites for hydroxylation is 1. The van der Waals surface area contributed by atoms with E-state index in [9.17, 15) is 4.79 Å². The first-order valence-electron chi connectivity index (χ1n) is 12.5. The number of anilines is 1. The Morgan fingerprint density at radius 1 is 1.27 bits per heavy atom. The van der Waals surface area contributed by atoms with E-state index in [2.05, 4.69) is 27.1 Å². The summed E-state index contributed by atoms with van der Waals surface area (Å²) >= 11 is 1.68. The van der Waals surface area contributed by atoms with E-state index in [1.807, 2.05) is 18.2 Å². The number of nitrogen functional groups attached to an aromatic ring is 1. The number of nitrogens with zero attached hydrogens (tertiary/aromatic N) is 3. The van der Waals surface area contributed by atoms with Gasteiger partial charge in [-0.1, -0.05) is 13.0 Å². The van der Waals surface area contributed by atoms with Gasteiger partial charge in [-0.15, -0.1) is 11.3 Å². The maximum atomic E-state index is 12.3. The summed E-state index contributed by atoms with van der Waals surface area (Å²) in [5.74, 6) is 0.762. The van der Waals surface area contributed by atoms with E-state index < -0.39 is 0 Å². The Balaban J connectivity index is 1.19. The van der Waals surface area contributed by atoms with Crippen LogP contribution in [0.2, 0.25) is 0 Å². The Morgan fingerprint density at radius 2 is 2.12 bits per heavy atom. The number of carbonyl (C=O) groups is 1. The fraction of sp³-hybridized carbons (Fsp3) is 0.577. The SMILES string of the molecule is CCCN(CCC1CCC(NC(=O)/C=C/c2cccnc2)CC1)C1CCc2nc(N)sc2C1. The van der Waals surface area contributed by atoms with Gasteiger partial charge in [0.1, 0.15) is 0 Å². The molecule has 1 saturated carbocycles. The van der Waals surface area contributed by atoms with Gasteiger partial charge in [0.2, 0.25) is 5.91 Å². The second-order valence-corrected chi connectivity index (χ2v) is 10.6. The molecular weight excluding hydrogens is 430 g/mol. The van der Waals surface area contributed by atoms with Crippen molar-refractivity contribution < 1.29 is 4.79 Å². The summed E-state index contributed by atoms with van der Waals surface area (Å²) in [6.07, 6.45) is 17.3. The molecule has 0 aromatic carbocycles. The van der Waals surface area contributed by atoms with Gasteiger partial charge in [-0.05, 0) is 94.5 Å². The van der Waals surface area contributed by atoms with Gasteiger partial charge in [0, 0.05) is 35.4 Å².